The minimum atomic E-state index is -0.176. The number of fused-ring (bicyclic) bond motifs is 3. The molecule has 0 radical (unpaired) electrons. The van der Waals surface area contributed by atoms with Gasteiger partial charge in [-0.2, -0.15) is 0 Å². The maximum atomic E-state index is 11.2. The van der Waals surface area contributed by atoms with E-state index >= 15 is 0 Å². The van der Waals surface area contributed by atoms with E-state index in [1.54, 1.807) is 7.11 Å². The molecule has 0 saturated heterocycles. The summed E-state index contributed by atoms with van der Waals surface area (Å²) in [4.78, 5) is 0. The van der Waals surface area contributed by atoms with Gasteiger partial charge in [-0.25, -0.2) is 0 Å². The first-order chi connectivity index (χ1) is 13.4. The van der Waals surface area contributed by atoms with E-state index in [-0.39, 0.29) is 5.41 Å². The molecule has 148 valence electrons. The number of phenols is 1. The maximum absolute atomic E-state index is 11.2. The van der Waals surface area contributed by atoms with Crippen molar-refractivity contribution in [2.45, 2.75) is 58.4 Å². The molecule has 2 N–H and O–H groups in total. The number of rotatable bonds is 4. The van der Waals surface area contributed by atoms with Gasteiger partial charge in [-0.3, -0.25) is 0 Å². The van der Waals surface area contributed by atoms with Crippen molar-refractivity contribution < 1.29 is 14.3 Å². The van der Waals surface area contributed by atoms with Gasteiger partial charge < -0.3 is 19.6 Å². The van der Waals surface area contributed by atoms with E-state index in [0.717, 1.165) is 52.1 Å². The molecule has 4 rings (SSSR count). The molecule has 1 heterocycles. The van der Waals surface area contributed by atoms with Crippen molar-refractivity contribution in [3.05, 3.63) is 52.8 Å². The van der Waals surface area contributed by atoms with Crippen molar-refractivity contribution >= 4 is 16.7 Å². The monoisotopic (exact) mass is 379 g/mol. The summed E-state index contributed by atoms with van der Waals surface area (Å²) in [5.74, 6) is 2.25. The standard InChI is InChI=1S/C24H29NO3/c1-24(2,3)17-13-21-22(15-9-5-7-11-19(15)28-21)16(23(17)26)14-25-18-10-6-8-12-20(18)27-4/h6,8,10,12-13,25-26H,5,7,9,11,14H2,1-4H3. The van der Waals surface area contributed by atoms with Crippen LogP contribution in [0.2, 0.25) is 0 Å². The largest absolute Gasteiger partial charge is 0.507 e. The molecule has 4 heteroatoms. The zero-order chi connectivity index (χ0) is 19.9. The molecule has 2 aromatic carbocycles. The van der Waals surface area contributed by atoms with Crippen molar-refractivity contribution in [2.24, 2.45) is 0 Å². The van der Waals surface area contributed by atoms with E-state index in [4.69, 9.17) is 9.15 Å². The third-order valence-electron chi connectivity index (χ3n) is 5.69. The van der Waals surface area contributed by atoms with E-state index in [2.05, 4.69) is 26.1 Å². The number of ether oxygens (including phenoxy) is 1. The maximum Gasteiger partial charge on any atom is 0.141 e. The highest BCUT2D eigenvalue weighted by Gasteiger charge is 2.27. The molecule has 28 heavy (non-hydrogen) atoms. The van der Waals surface area contributed by atoms with E-state index in [9.17, 15) is 5.11 Å². The highest BCUT2D eigenvalue weighted by atomic mass is 16.5. The van der Waals surface area contributed by atoms with Gasteiger partial charge in [0.05, 0.1) is 12.8 Å². The molecular weight excluding hydrogens is 350 g/mol. The molecule has 0 aliphatic heterocycles. The number of methoxy groups -OCH3 is 1. The molecule has 0 amide bonds. The number of aryl methyl sites for hydroxylation is 2. The number of furan rings is 1. The molecule has 1 aliphatic rings. The van der Waals surface area contributed by atoms with Gasteiger partial charge in [0.15, 0.2) is 0 Å². The molecule has 1 aliphatic carbocycles. The predicted octanol–water partition coefficient (Wildman–Crippen LogP) is 5.94. The topological polar surface area (TPSA) is 54.6 Å². The van der Waals surface area contributed by atoms with Gasteiger partial charge in [0.2, 0.25) is 0 Å². The normalized spacial score (nSPS) is 14.1. The van der Waals surface area contributed by atoms with Gasteiger partial charge in [0.25, 0.3) is 0 Å². The average Bonchev–Trinajstić information content (AvgIpc) is 3.05. The number of aromatic hydroxyl groups is 1. The summed E-state index contributed by atoms with van der Waals surface area (Å²) in [5.41, 5.74) is 4.74. The molecule has 0 spiro atoms. The van der Waals surface area contributed by atoms with Crippen molar-refractivity contribution in [3.8, 4) is 11.5 Å². The van der Waals surface area contributed by atoms with Crippen LogP contribution in [0.4, 0.5) is 5.69 Å². The van der Waals surface area contributed by atoms with E-state index in [1.807, 2.05) is 30.3 Å². The second-order valence-electron chi connectivity index (χ2n) is 8.64. The highest BCUT2D eigenvalue weighted by molar-refractivity contribution is 5.90. The summed E-state index contributed by atoms with van der Waals surface area (Å²) in [6.07, 6.45) is 4.33. The van der Waals surface area contributed by atoms with Crippen LogP contribution in [0.25, 0.3) is 11.0 Å². The summed E-state index contributed by atoms with van der Waals surface area (Å²) in [7, 11) is 1.67. The Kier molecular flexibility index (Phi) is 4.74. The lowest BCUT2D eigenvalue weighted by Crippen LogP contribution is -2.13. The average molecular weight is 380 g/mol. The fourth-order valence-corrected chi connectivity index (χ4v) is 4.22. The first kappa shape index (κ1) is 18.7. The van der Waals surface area contributed by atoms with Crippen LogP contribution in [-0.4, -0.2) is 12.2 Å². The zero-order valence-electron chi connectivity index (χ0n) is 17.2. The molecule has 0 fully saturated rings. The van der Waals surface area contributed by atoms with Crippen LogP contribution in [0.3, 0.4) is 0 Å². The highest BCUT2D eigenvalue weighted by Crippen LogP contribution is 2.43. The Morgan fingerprint density at radius 3 is 2.64 bits per heavy atom. The number of para-hydroxylation sites is 2. The SMILES string of the molecule is COc1ccccc1NCc1c(O)c(C(C)(C)C)cc2oc3c(c12)CCCC3. The lowest BCUT2D eigenvalue weighted by Gasteiger charge is -2.23. The lowest BCUT2D eigenvalue weighted by atomic mass is 9.83. The Labute approximate surface area is 166 Å². The molecule has 4 nitrogen and oxygen atoms in total. The predicted molar refractivity (Wildman–Crippen MR) is 114 cm³/mol. The summed E-state index contributed by atoms with van der Waals surface area (Å²) in [6.45, 7) is 6.87. The Morgan fingerprint density at radius 1 is 1.14 bits per heavy atom. The van der Waals surface area contributed by atoms with Crippen LogP contribution in [0.5, 0.6) is 11.5 Å². The summed E-state index contributed by atoms with van der Waals surface area (Å²) in [6, 6.07) is 9.89. The number of hydrogen-bond acceptors (Lipinski definition) is 4. The fourth-order valence-electron chi connectivity index (χ4n) is 4.22. The molecule has 0 unspecified atom stereocenters. The van der Waals surface area contributed by atoms with E-state index < -0.39 is 0 Å². The van der Waals surface area contributed by atoms with Crippen molar-refractivity contribution in [2.75, 3.05) is 12.4 Å². The number of nitrogens with one attached hydrogen (secondary N) is 1. The Bertz CT molecular complexity index is 1010. The molecular formula is C24H29NO3. The lowest BCUT2D eigenvalue weighted by molar-refractivity contribution is 0.416. The van der Waals surface area contributed by atoms with Crippen LogP contribution in [0.15, 0.2) is 34.7 Å². The third kappa shape index (κ3) is 3.21. The smallest absolute Gasteiger partial charge is 0.141 e. The fraction of sp³-hybridized carbons (Fsp3) is 0.417. The van der Waals surface area contributed by atoms with Crippen molar-refractivity contribution in [3.63, 3.8) is 0 Å². The van der Waals surface area contributed by atoms with Crippen LogP contribution in [0, 0.1) is 0 Å². The number of anilines is 1. The second kappa shape index (κ2) is 7.08. The van der Waals surface area contributed by atoms with E-state index in [1.165, 1.54) is 18.4 Å². The summed E-state index contributed by atoms with van der Waals surface area (Å²) in [5, 5.41) is 15.8. The van der Waals surface area contributed by atoms with Crippen LogP contribution < -0.4 is 10.1 Å². The van der Waals surface area contributed by atoms with Gasteiger partial charge in [-0.05, 0) is 42.9 Å². The van der Waals surface area contributed by atoms with Crippen LogP contribution in [0.1, 0.15) is 56.1 Å². The van der Waals surface area contributed by atoms with Crippen molar-refractivity contribution in [1.29, 1.82) is 0 Å². The molecule has 1 aromatic heterocycles. The number of hydrogen-bond donors (Lipinski definition) is 2. The van der Waals surface area contributed by atoms with E-state index in [0.29, 0.717) is 12.3 Å². The zero-order valence-corrected chi connectivity index (χ0v) is 17.2. The third-order valence-corrected chi connectivity index (χ3v) is 5.69. The Balaban J connectivity index is 1.84. The molecule has 0 atom stereocenters. The van der Waals surface area contributed by atoms with Crippen molar-refractivity contribution in [1.82, 2.24) is 0 Å². The Morgan fingerprint density at radius 2 is 1.89 bits per heavy atom. The van der Waals surface area contributed by atoms with Gasteiger partial charge >= 0.3 is 0 Å². The van der Waals surface area contributed by atoms with Crippen LogP contribution >= 0.6 is 0 Å². The molecule has 0 bridgehead atoms. The molecule has 3 aromatic rings. The molecule has 0 saturated carbocycles. The summed E-state index contributed by atoms with van der Waals surface area (Å²) < 4.78 is 11.7. The van der Waals surface area contributed by atoms with Gasteiger partial charge in [-0.15, -0.1) is 0 Å². The first-order valence-corrected chi connectivity index (χ1v) is 10.1. The van der Waals surface area contributed by atoms with Crippen LogP contribution in [-0.2, 0) is 24.8 Å². The first-order valence-electron chi connectivity index (χ1n) is 10.1. The minimum Gasteiger partial charge on any atom is -0.507 e. The van der Waals surface area contributed by atoms with Gasteiger partial charge in [0, 0.05) is 35.0 Å². The second-order valence-corrected chi connectivity index (χ2v) is 8.64. The van der Waals surface area contributed by atoms with Gasteiger partial charge in [0.1, 0.15) is 22.8 Å². The minimum absolute atomic E-state index is 0.176. The quantitative estimate of drug-likeness (QED) is 0.589. The van der Waals surface area contributed by atoms with Gasteiger partial charge in [-0.1, -0.05) is 32.9 Å². The summed E-state index contributed by atoms with van der Waals surface area (Å²) >= 11 is 0. The number of phenolic OH excluding ortho intramolecular Hbond substituents is 1. The Hall–Kier alpha value is -2.62. The number of benzene rings is 2.